The number of benzene rings is 2. The Hall–Kier alpha value is -2.64. The molecule has 6 nitrogen and oxygen atoms in total. The summed E-state index contributed by atoms with van der Waals surface area (Å²) in [7, 11) is -3.69. The van der Waals surface area contributed by atoms with Crippen molar-refractivity contribution < 1.29 is 12.8 Å². The molecule has 1 atom stereocenters. The van der Waals surface area contributed by atoms with Gasteiger partial charge in [0.25, 0.3) is 0 Å². The third-order valence-corrected chi connectivity index (χ3v) is 5.56. The largest absolute Gasteiger partial charge is 0.439 e. The lowest BCUT2D eigenvalue weighted by Gasteiger charge is -2.23. The van der Waals surface area contributed by atoms with Gasteiger partial charge in [-0.25, -0.2) is 18.5 Å². The van der Waals surface area contributed by atoms with Gasteiger partial charge in [0, 0.05) is 17.3 Å². The molecule has 0 spiro atoms. The highest BCUT2D eigenvalue weighted by Gasteiger charge is 2.28. The molecule has 0 amide bonds. The Labute approximate surface area is 152 Å². The number of fused-ring (bicyclic) bond motifs is 1. The highest BCUT2D eigenvalue weighted by atomic mass is 32.2. The van der Waals surface area contributed by atoms with Gasteiger partial charge >= 0.3 is 0 Å². The molecule has 7 heteroatoms. The van der Waals surface area contributed by atoms with E-state index in [1.807, 2.05) is 30.3 Å². The number of primary sulfonamides is 1. The molecule has 2 aromatic carbocycles. The first kappa shape index (κ1) is 16.8. The molecule has 0 bridgehead atoms. The van der Waals surface area contributed by atoms with Crippen LogP contribution in [0.4, 0.5) is 5.69 Å². The number of aromatic nitrogens is 1. The zero-order chi connectivity index (χ0) is 18.3. The Morgan fingerprint density at radius 2 is 2.00 bits per heavy atom. The number of rotatable bonds is 4. The fraction of sp³-hybridized carbons (Fsp3) is 0.211. The average molecular weight is 369 g/mol. The summed E-state index contributed by atoms with van der Waals surface area (Å²) in [5.74, 6) is 1.36. The van der Waals surface area contributed by atoms with Gasteiger partial charge < -0.3 is 9.32 Å². The van der Waals surface area contributed by atoms with E-state index >= 15 is 0 Å². The van der Waals surface area contributed by atoms with Crippen LogP contribution in [0.5, 0.6) is 0 Å². The Morgan fingerprint density at radius 1 is 1.23 bits per heavy atom. The first-order chi connectivity index (χ1) is 12.4. The first-order valence-corrected chi connectivity index (χ1v) is 9.89. The van der Waals surface area contributed by atoms with Crippen LogP contribution in [0.25, 0.3) is 11.3 Å². The van der Waals surface area contributed by atoms with E-state index in [-0.39, 0.29) is 10.9 Å². The first-order valence-electron chi connectivity index (χ1n) is 8.34. The summed E-state index contributed by atoms with van der Waals surface area (Å²) in [6.07, 6.45) is 2.49. The second-order valence-corrected chi connectivity index (χ2v) is 8.06. The summed E-state index contributed by atoms with van der Waals surface area (Å²) < 4.78 is 29.0. The highest BCUT2D eigenvalue weighted by Crippen LogP contribution is 2.35. The maximum absolute atomic E-state index is 11.6. The summed E-state index contributed by atoms with van der Waals surface area (Å²) in [6.45, 7) is 2.62. The third kappa shape index (κ3) is 3.11. The second kappa shape index (κ2) is 6.26. The van der Waals surface area contributed by atoms with Crippen LogP contribution in [0.1, 0.15) is 18.4 Å². The van der Waals surface area contributed by atoms with Crippen molar-refractivity contribution in [3.8, 4) is 11.3 Å². The van der Waals surface area contributed by atoms with Crippen LogP contribution < -0.4 is 10.0 Å². The van der Waals surface area contributed by atoms with E-state index in [4.69, 9.17) is 9.56 Å². The van der Waals surface area contributed by atoms with Gasteiger partial charge in [0.15, 0.2) is 5.76 Å². The lowest BCUT2D eigenvalue weighted by molar-refractivity contribution is 0.489. The number of anilines is 1. The molecule has 2 N–H and O–H groups in total. The van der Waals surface area contributed by atoms with E-state index in [1.165, 1.54) is 0 Å². The summed E-state index contributed by atoms with van der Waals surface area (Å²) >= 11 is 0. The van der Waals surface area contributed by atoms with Crippen molar-refractivity contribution in [3.63, 3.8) is 0 Å². The third-order valence-electron chi connectivity index (χ3n) is 4.65. The number of oxazole rings is 1. The van der Waals surface area contributed by atoms with Crippen molar-refractivity contribution in [2.45, 2.75) is 30.8 Å². The van der Waals surface area contributed by atoms with Crippen molar-refractivity contribution in [2.75, 3.05) is 4.90 Å². The maximum atomic E-state index is 11.6. The Kier molecular flexibility index (Phi) is 4.05. The topological polar surface area (TPSA) is 89.4 Å². The number of hydrogen-bond acceptors (Lipinski definition) is 5. The van der Waals surface area contributed by atoms with Gasteiger partial charge in [-0.3, -0.25) is 0 Å². The molecule has 1 aromatic heterocycles. The van der Waals surface area contributed by atoms with Crippen molar-refractivity contribution in [1.29, 1.82) is 0 Å². The van der Waals surface area contributed by atoms with Gasteiger partial charge in [-0.2, -0.15) is 0 Å². The van der Waals surface area contributed by atoms with E-state index in [0.717, 1.165) is 29.0 Å². The van der Waals surface area contributed by atoms with Gasteiger partial charge in [0.1, 0.15) is 0 Å². The normalized spacial score (nSPS) is 16.7. The van der Waals surface area contributed by atoms with Crippen LogP contribution in [0.2, 0.25) is 0 Å². The molecular formula is C19H19N3O3S. The minimum Gasteiger partial charge on any atom is -0.439 e. The molecule has 0 saturated heterocycles. The molecule has 1 aliphatic rings. The van der Waals surface area contributed by atoms with Crippen LogP contribution in [0.3, 0.4) is 0 Å². The van der Waals surface area contributed by atoms with E-state index < -0.39 is 10.0 Å². The molecule has 1 unspecified atom stereocenters. The Bertz CT molecular complexity index is 1040. The van der Waals surface area contributed by atoms with Gasteiger partial charge in [-0.1, -0.05) is 30.3 Å². The zero-order valence-corrected chi connectivity index (χ0v) is 15.1. The number of sulfonamides is 1. The minimum absolute atomic E-state index is 0.146. The predicted molar refractivity (Wildman–Crippen MR) is 99.1 cm³/mol. The summed E-state index contributed by atoms with van der Waals surface area (Å²) in [5, 5.41) is 5.24. The number of nitrogens with zero attached hydrogens (tertiary/aromatic N) is 2. The Balaban J connectivity index is 1.60. The van der Waals surface area contributed by atoms with Crippen LogP contribution >= 0.6 is 0 Å². The molecule has 134 valence electrons. The maximum Gasteiger partial charge on any atom is 0.238 e. The molecule has 0 radical (unpaired) electrons. The smallest absolute Gasteiger partial charge is 0.238 e. The van der Waals surface area contributed by atoms with Crippen LogP contribution in [-0.4, -0.2) is 19.4 Å². The molecule has 0 aliphatic carbocycles. The lowest BCUT2D eigenvalue weighted by atomic mass is 10.1. The summed E-state index contributed by atoms with van der Waals surface area (Å²) in [6, 6.07) is 15.1. The molecule has 2 heterocycles. The fourth-order valence-corrected chi connectivity index (χ4v) is 3.92. The average Bonchev–Trinajstić information content (AvgIpc) is 3.20. The Morgan fingerprint density at radius 3 is 2.73 bits per heavy atom. The summed E-state index contributed by atoms with van der Waals surface area (Å²) in [4.78, 5) is 6.71. The van der Waals surface area contributed by atoms with Gasteiger partial charge in [-0.15, -0.1) is 0 Å². The second-order valence-electron chi connectivity index (χ2n) is 6.50. The van der Waals surface area contributed by atoms with E-state index in [9.17, 15) is 8.42 Å². The molecule has 26 heavy (non-hydrogen) atoms. The SMILES string of the molecule is CC1Cc2cc(S(N)(=O)=O)ccc2N1Cc1ncc(-c2ccccc2)o1. The summed E-state index contributed by atoms with van der Waals surface area (Å²) in [5.41, 5.74) is 2.95. The van der Waals surface area contributed by atoms with Crippen LogP contribution in [0, 0.1) is 0 Å². The molecule has 4 rings (SSSR count). The molecule has 0 saturated carbocycles. The van der Waals surface area contributed by atoms with Crippen molar-refractivity contribution in [1.82, 2.24) is 4.98 Å². The van der Waals surface area contributed by atoms with Crippen molar-refractivity contribution >= 4 is 15.7 Å². The van der Waals surface area contributed by atoms with Crippen LogP contribution in [0.15, 0.2) is 64.0 Å². The van der Waals surface area contributed by atoms with E-state index in [2.05, 4.69) is 16.8 Å². The molecular weight excluding hydrogens is 350 g/mol. The lowest BCUT2D eigenvalue weighted by Crippen LogP contribution is -2.28. The van der Waals surface area contributed by atoms with E-state index in [0.29, 0.717) is 12.4 Å². The number of nitrogens with two attached hydrogens (primary N) is 1. The van der Waals surface area contributed by atoms with Crippen molar-refractivity contribution in [3.05, 3.63) is 66.2 Å². The highest BCUT2D eigenvalue weighted by molar-refractivity contribution is 7.89. The van der Waals surface area contributed by atoms with E-state index in [1.54, 1.807) is 24.4 Å². The van der Waals surface area contributed by atoms with Gasteiger partial charge in [0.05, 0.1) is 17.6 Å². The number of hydrogen-bond donors (Lipinski definition) is 1. The molecule has 1 aliphatic heterocycles. The monoisotopic (exact) mass is 369 g/mol. The minimum atomic E-state index is -3.69. The quantitative estimate of drug-likeness (QED) is 0.764. The predicted octanol–water partition coefficient (Wildman–Crippen LogP) is 2.94. The van der Waals surface area contributed by atoms with Gasteiger partial charge in [-0.05, 0) is 37.1 Å². The van der Waals surface area contributed by atoms with Crippen LogP contribution in [-0.2, 0) is 23.0 Å². The zero-order valence-electron chi connectivity index (χ0n) is 14.3. The van der Waals surface area contributed by atoms with Gasteiger partial charge in [0.2, 0.25) is 15.9 Å². The van der Waals surface area contributed by atoms with Crippen molar-refractivity contribution in [2.24, 2.45) is 5.14 Å². The molecule has 0 fully saturated rings. The fourth-order valence-electron chi connectivity index (χ4n) is 3.35. The standard InChI is InChI=1S/C19H19N3O3S/c1-13-9-15-10-16(26(20,23)24)7-8-17(15)22(13)12-19-21-11-18(25-19)14-5-3-2-4-6-14/h2-8,10-11,13H,9,12H2,1H3,(H2,20,23,24). The molecule has 3 aromatic rings.